The van der Waals surface area contributed by atoms with Gasteiger partial charge in [0.1, 0.15) is 0 Å². The Morgan fingerprint density at radius 2 is 2.33 bits per heavy atom. The molecule has 0 amide bonds. The number of rotatable bonds is 5. The Bertz CT molecular complexity index is 339. The second-order valence-corrected chi connectivity index (χ2v) is 6.47. The molecule has 1 aliphatic carbocycles. The highest BCUT2D eigenvalue weighted by Gasteiger charge is 2.28. The first kappa shape index (κ1) is 14.0. The van der Waals surface area contributed by atoms with Crippen molar-refractivity contribution < 1.29 is 0 Å². The van der Waals surface area contributed by atoms with Crippen LogP contribution in [0.3, 0.4) is 0 Å². The largest absolute Gasteiger partial charge is 0.317 e. The summed E-state index contributed by atoms with van der Waals surface area (Å²) >= 11 is 1.68. The Morgan fingerprint density at radius 3 is 3.00 bits per heavy atom. The van der Waals surface area contributed by atoms with Gasteiger partial charge in [0.15, 0.2) is 0 Å². The number of nitrogens with one attached hydrogen (secondary N) is 1. The standard InChI is InChI=1S/C14H25N3S/c1-11-4-5-14(15-2)12(6-11)7-17(3)8-13-9-18-10-16-13/h9-12,14-15H,4-8H2,1-3H3. The minimum absolute atomic E-state index is 0.694. The van der Waals surface area contributed by atoms with Crippen molar-refractivity contribution in [2.75, 3.05) is 20.6 Å². The first-order valence-corrected chi connectivity index (χ1v) is 7.86. The van der Waals surface area contributed by atoms with E-state index in [2.05, 4.69) is 41.6 Å². The van der Waals surface area contributed by atoms with E-state index in [9.17, 15) is 0 Å². The highest BCUT2D eigenvalue weighted by molar-refractivity contribution is 7.07. The third-order valence-corrected chi connectivity index (χ3v) is 4.71. The topological polar surface area (TPSA) is 28.2 Å². The summed E-state index contributed by atoms with van der Waals surface area (Å²) < 4.78 is 0. The molecule has 2 rings (SSSR count). The molecule has 0 radical (unpaired) electrons. The summed E-state index contributed by atoms with van der Waals surface area (Å²) in [7, 11) is 4.32. The average Bonchev–Trinajstić information content (AvgIpc) is 2.82. The van der Waals surface area contributed by atoms with Crippen LogP contribution < -0.4 is 5.32 Å². The van der Waals surface area contributed by atoms with Crippen LogP contribution in [0.25, 0.3) is 0 Å². The van der Waals surface area contributed by atoms with E-state index in [1.54, 1.807) is 11.3 Å². The molecular formula is C14H25N3S. The molecule has 0 spiro atoms. The van der Waals surface area contributed by atoms with Crippen LogP contribution in [-0.4, -0.2) is 36.6 Å². The number of nitrogens with zero attached hydrogens (tertiary/aromatic N) is 2. The van der Waals surface area contributed by atoms with E-state index < -0.39 is 0 Å². The summed E-state index contributed by atoms with van der Waals surface area (Å²) in [6.45, 7) is 4.54. The molecule has 18 heavy (non-hydrogen) atoms. The van der Waals surface area contributed by atoms with E-state index in [4.69, 9.17) is 0 Å². The zero-order chi connectivity index (χ0) is 13.0. The Kier molecular flexibility index (Phi) is 5.15. The monoisotopic (exact) mass is 267 g/mol. The molecule has 3 nitrogen and oxygen atoms in total. The van der Waals surface area contributed by atoms with Crippen LogP contribution in [0.1, 0.15) is 31.9 Å². The predicted octanol–water partition coefficient (Wildman–Crippen LogP) is 2.60. The van der Waals surface area contributed by atoms with Crippen LogP contribution in [0.5, 0.6) is 0 Å². The van der Waals surface area contributed by atoms with Gasteiger partial charge >= 0.3 is 0 Å². The first-order chi connectivity index (χ1) is 8.69. The lowest BCUT2D eigenvalue weighted by Crippen LogP contribution is -2.43. The van der Waals surface area contributed by atoms with Gasteiger partial charge in [0.25, 0.3) is 0 Å². The minimum atomic E-state index is 0.694. The zero-order valence-corrected chi connectivity index (χ0v) is 12.5. The molecule has 1 aliphatic rings. The molecule has 1 heterocycles. The highest BCUT2D eigenvalue weighted by atomic mass is 32.1. The minimum Gasteiger partial charge on any atom is -0.317 e. The van der Waals surface area contributed by atoms with E-state index in [0.29, 0.717) is 6.04 Å². The van der Waals surface area contributed by atoms with Crippen molar-refractivity contribution in [3.8, 4) is 0 Å². The van der Waals surface area contributed by atoms with Crippen molar-refractivity contribution in [2.24, 2.45) is 11.8 Å². The first-order valence-electron chi connectivity index (χ1n) is 6.92. The second-order valence-electron chi connectivity index (χ2n) is 5.75. The predicted molar refractivity (Wildman–Crippen MR) is 77.8 cm³/mol. The maximum Gasteiger partial charge on any atom is 0.0795 e. The van der Waals surface area contributed by atoms with Crippen molar-refractivity contribution >= 4 is 11.3 Å². The van der Waals surface area contributed by atoms with E-state index >= 15 is 0 Å². The molecule has 0 aliphatic heterocycles. The fourth-order valence-electron chi connectivity index (χ4n) is 3.14. The Balaban J connectivity index is 1.86. The summed E-state index contributed by atoms with van der Waals surface area (Å²) in [6, 6.07) is 0.694. The van der Waals surface area contributed by atoms with Gasteiger partial charge in [-0.05, 0) is 45.2 Å². The molecule has 1 N–H and O–H groups in total. The van der Waals surface area contributed by atoms with Crippen LogP contribution >= 0.6 is 11.3 Å². The van der Waals surface area contributed by atoms with E-state index in [1.165, 1.54) is 31.5 Å². The maximum atomic E-state index is 4.36. The van der Waals surface area contributed by atoms with Gasteiger partial charge in [0, 0.05) is 24.5 Å². The molecule has 4 heteroatoms. The van der Waals surface area contributed by atoms with Gasteiger partial charge in [0.2, 0.25) is 0 Å². The number of thiazole rings is 1. The van der Waals surface area contributed by atoms with Gasteiger partial charge in [-0.3, -0.25) is 0 Å². The summed E-state index contributed by atoms with van der Waals surface area (Å²) in [6.07, 6.45) is 4.05. The smallest absolute Gasteiger partial charge is 0.0795 e. The number of hydrogen-bond donors (Lipinski definition) is 1. The molecule has 3 atom stereocenters. The summed E-state index contributed by atoms with van der Waals surface area (Å²) in [5, 5.41) is 5.65. The second kappa shape index (κ2) is 6.64. The van der Waals surface area contributed by atoms with Crippen LogP contribution in [0.15, 0.2) is 10.9 Å². The lowest BCUT2D eigenvalue weighted by Gasteiger charge is -2.37. The van der Waals surface area contributed by atoms with Crippen molar-refractivity contribution in [1.82, 2.24) is 15.2 Å². The SMILES string of the molecule is CNC1CCC(C)CC1CN(C)Cc1cscn1. The van der Waals surface area contributed by atoms with Crippen LogP contribution in [0.2, 0.25) is 0 Å². The van der Waals surface area contributed by atoms with Crippen molar-refractivity contribution in [2.45, 2.75) is 38.8 Å². The maximum absolute atomic E-state index is 4.36. The molecule has 1 fully saturated rings. The van der Waals surface area contributed by atoms with Gasteiger partial charge in [-0.1, -0.05) is 6.92 Å². The van der Waals surface area contributed by atoms with E-state index in [0.717, 1.165) is 18.4 Å². The lowest BCUT2D eigenvalue weighted by molar-refractivity contribution is 0.161. The van der Waals surface area contributed by atoms with Gasteiger partial charge < -0.3 is 10.2 Å². The van der Waals surface area contributed by atoms with Crippen LogP contribution in [0, 0.1) is 11.8 Å². The Labute approximate surface area is 115 Å². The lowest BCUT2D eigenvalue weighted by atomic mass is 9.78. The van der Waals surface area contributed by atoms with Crippen molar-refractivity contribution in [1.29, 1.82) is 0 Å². The average molecular weight is 267 g/mol. The number of hydrogen-bond acceptors (Lipinski definition) is 4. The molecule has 0 bridgehead atoms. The van der Waals surface area contributed by atoms with Crippen molar-refractivity contribution in [3.63, 3.8) is 0 Å². The Hall–Kier alpha value is -0.450. The summed E-state index contributed by atoms with van der Waals surface area (Å²) in [5.74, 6) is 1.66. The Morgan fingerprint density at radius 1 is 1.50 bits per heavy atom. The van der Waals surface area contributed by atoms with Crippen LogP contribution in [-0.2, 0) is 6.54 Å². The van der Waals surface area contributed by atoms with E-state index in [-0.39, 0.29) is 0 Å². The van der Waals surface area contributed by atoms with Gasteiger partial charge in [-0.15, -0.1) is 11.3 Å². The summed E-state index contributed by atoms with van der Waals surface area (Å²) in [5.41, 5.74) is 3.12. The van der Waals surface area contributed by atoms with Gasteiger partial charge in [0.05, 0.1) is 11.2 Å². The molecule has 0 saturated heterocycles. The molecule has 0 aromatic carbocycles. The molecule has 1 saturated carbocycles. The summed E-state index contributed by atoms with van der Waals surface area (Å²) in [4.78, 5) is 6.78. The quantitative estimate of drug-likeness (QED) is 0.889. The number of aromatic nitrogens is 1. The highest BCUT2D eigenvalue weighted by Crippen LogP contribution is 2.29. The zero-order valence-electron chi connectivity index (χ0n) is 11.7. The molecule has 1 aromatic rings. The molecule has 102 valence electrons. The van der Waals surface area contributed by atoms with Crippen LogP contribution in [0.4, 0.5) is 0 Å². The van der Waals surface area contributed by atoms with E-state index in [1.807, 2.05) is 5.51 Å². The third kappa shape index (κ3) is 3.77. The molecule has 1 aromatic heterocycles. The normalized spacial score (nSPS) is 28.8. The fourth-order valence-corrected chi connectivity index (χ4v) is 3.69. The van der Waals surface area contributed by atoms with Crippen molar-refractivity contribution in [3.05, 3.63) is 16.6 Å². The molecule has 3 unspecified atom stereocenters. The van der Waals surface area contributed by atoms with Gasteiger partial charge in [-0.25, -0.2) is 4.98 Å². The molecular weight excluding hydrogens is 242 g/mol. The third-order valence-electron chi connectivity index (χ3n) is 4.08. The van der Waals surface area contributed by atoms with Gasteiger partial charge in [-0.2, -0.15) is 0 Å². The fraction of sp³-hybridized carbons (Fsp3) is 0.786.